The maximum atomic E-state index is 13.4. The fraction of sp³-hybridized carbons (Fsp3) is 0.526. The highest BCUT2D eigenvalue weighted by atomic mass is 32.2. The van der Waals surface area contributed by atoms with Gasteiger partial charge in [0.25, 0.3) is 0 Å². The number of benzene rings is 1. The first kappa shape index (κ1) is 17.5. The molecular formula is C19H22F2O2S. The first-order chi connectivity index (χ1) is 11.6. The van der Waals surface area contributed by atoms with Crippen LogP contribution in [0.2, 0.25) is 0 Å². The summed E-state index contributed by atoms with van der Waals surface area (Å²) < 4.78 is 32.0. The number of ether oxygens (including phenoxy) is 1. The van der Waals surface area contributed by atoms with Crippen LogP contribution in [0, 0.1) is 5.92 Å². The SMILES string of the molecule is CCOC(=O)C(=CC1C[C@@H](F)[C@@H](F)C1)c1ccc(SC2CC2)cc1. The number of alkyl halides is 2. The van der Waals surface area contributed by atoms with Crippen LogP contribution in [0.1, 0.15) is 38.2 Å². The summed E-state index contributed by atoms with van der Waals surface area (Å²) >= 11 is 1.85. The smallest absolute Gasteiger partial charge is 0.338 e. The summed E-state index contributed by atoms with van der Waals surface area (Å²) in [6, 6.07) is 7.77. The molecule has 0 bridgehead atoms. The molecule has 3 rings (SSSR count). The molecule has 3 atom stereocenters. The molecular weight excluding hydrogens is 330 g/mol. The number of esters is 1. The number of carbonyl (C=O) groups is 1. The van der Waals surface area contributed by atoms with Crippen LogP contribution in [0.3, 0.4) is 0 Å². The molecule has 1 aromatic carbocycles. The minimum Gasteiger partial charge on any atom is -0.462 e. The van der Waals surface area contributed by atoms with E-state index in [-0.39, 0.29) is 25.4 Å². The first-order valence-electron chi connectivity index (χ1n) is 8.51. The fourth-order valence-corrected chi connectivity index (χ4v) is 3.97. The highest BCUT2D eigenvalue weighted by molar-refractivity contribution is 8.00. The predicted molar refractivity (Wildman–Crippen MR) is 92.4 cm³/mol. The molecule has 0 spiro atoms. The molecule has 0 aliphatic heterocycles. The van der Waals surface area contributed by atoms with Gasteiger partial charge in [0.15, 0.2) is 0 Å². The van der Waals surface area contributed by atoms with Gasteiger partial charge in [-0.05, 0) is 56.2 Å². The molecule has 0 heterocycles. The van der Waals surface area contributed by atoms with Crippen LogP contribution >= 0.6 is 11.8 Å². The third-order valence-corrected chi connectivity index (χ3v) is 5.69. The zero-order valence-corrected chi connectivity index (χ0v) is 14.5. The van der Waals surface area contributed by atoms with Crippen molar-refractivity contribution in [3.63, 3.8) is 0 Å². The maximum Gasteiger partial charge on any atom is 0.338 e. The number of rotatable bonds is 6. The van der Waals surface area contributed by atoms with Gasteiger partial charge in [-0.2, -0.15) is 0 Å². The Morgan fingerprint density at radius 3 is 2.38 bits per heavy atom. The zero-order valence-electron chi connectivity index (χ0n) is 13.7. The van der Waals surface area contributed by atoms with Crippen LogP contribution in [-0.2, 0) is 9.53 Å². The van der Waals surface area contributed by atoms with Gasteiger partial charge in [0.2, 0.25) is 0 Å². The highest BCUT2D eigenvalue weighted by Crippen LogP contribution is 2.39. The van der Waals surface area contributed by atoms with E-state index in [2.05, 4.69) is 0 Å². The zero-order chi connectivity index (χ0) is 17.1. The summed E-state index contributed by atoms with van der Waals surface area (Å²) in [7, 11) is 0. The number of hydrogen-bond donors (Lipinski definition) is 0. The van der Waals surface area contributed by atoms with Crippen LogP contribution in [0.25, 0.3) is 5.57 Å². The van der Waals surface area contributed by atoms with E-state index in [4.69, 9.17) is 4.74 Å². The standard InChI is InChI=1S/C19H22F2O2S/c1-2-23-19(22)16(9-12-10-17(20)18(21)11-12)13-3-5-14(6-4-13)24-15-7-8-15/h3-6,9,12,15,17-18H,2,7-8,10-11H2,1H3/t12?,17-,18+. The van der Waals surface area contributed by atoms with E-state index < -0.39 is 18.3 Å². The Hall–Kier alpha value is -1.36. The second-order valence-electron chi connectivity index (χ2n) is 6.41. The van der Waals surface area contributed by atoms with Gasteiger partial charge in [0, 0.05) is 10.1 Å². The average molecular weight is 352 g/mol. The Bertz CT molecular complexity index is 600. The molecule has 24 heavy (non-hydrogen) atoms. The molecule has 0 N–H and O–H groups in total. The summed E-state index contributed by atoms with van der Waals surface area (Å²) in [5.74, 6) is -0.701. The van der Waals surface area contributed by atoms with E-state index >= 15 is 0 Å². The average Bonchev–Trinajstić information content (AvgIpc) is 3.31. The van der Waals surface area contributed by atoms with Gasteiger partial charge in [0.1, 0.15) is 12.3 Å². The summed E-state index contributed by atoms with van der Waals surface area (Å²) in [5.41, 5.74) is 1.15. The van der Waals surface area contributed by atoms with E-state index in [1.165, 1.54) is 17.7 Å². The Morgan fingerprint density at radius 2 is 1.83 bits per heavy atom. The van der Waals surface area contributed by atoms with Gasteiger partial charge < -0.3 is 4.74 Å². The summed E-state index contributed by atoms with van der Waals surface area (Å²) in [4.78, 5) is 13.5. The van der Waals surface area contributed by atoms with Gasteiger partial charge in [0.05, 0.1) is 12.2 Å². The minimum absolute atomic E-state index is 0.125. The number of carbonyl (C=O) groups excluding carboxylic acids is 1. The lowest BCUT2D eigenvalue weighted by Crippen LogP contribution is -2.08. The summed E-state index contributed by atoms with van der Waals surface area (Å²) in [6.45, 7) is 2.02. The van der Waals surface area contributed by atoms with Crippen LogP contribution in [0.15, 0.2) is 35.2 Å². The molecule has 1 unspecified atom stereocenters. The van der Waals surface area contributed by atoms with Crippen molar-refractivity contribution in [2.24, 2.45) is 5.92 Å². The van der Waals surface area contributed by atoms with Gasteiger partial charge in [-0.3, -0.25) is 0 Å². The number of thioether (sulfide) groups is 1. The molecule has 1 aromatic rings. The Kier molecular flexibility index (Phi) is 5.59. The molecule has 2 aliphatic carbocycles. The van der Waals surface area contributed by atoms with Crippen molar-refractivity contribution in [2.75, 3.05) is 6.61 Å². The van der Waals surface area contributed by atoms with Crippen molar-refractivity contribution >= 4 is 23.3 Å². The minimum atomic E-state index is -1.44. The second kappa shape index (κ2) is 7.68. The monoisotopic (exact) mass is 352 g/mol. The Labute approximate surface area is 145 Å². The van der Waals surface area contributed by atoms with Crippen molar-refractivity contribution < 1.29 is 18.3 Å². The molecule has 130 valence electrons. The van der Waals surface area contributed by atoms with Crippen LogP contribution in [0.5, 0.6) is 0 Å². The van der Waals surface area contributed by atoms with Gasteiger partial charge in [-0.1, -0.05) is 18.2 Å². The first-order valence-corrected chi connectivity index (χ1v) is 9.39. The number of allylic oxidation sites excluding steroid dienone is 1. The van der Waals surface area contributed by atoms with E-state index in [0.29, 0.717) is 5.57 Å². The lowest BCUT2D eigenvalue weighted by Gasteiger charge is -2.11. The molecule has 5 heteroatoms. The van der Waals surface area contributed by atoms with Crippen molar-refractivity contribution in [3.05, 3.63) is 35.9 Å². The fourth-order valence-electron chi connectivity index (χ4n) is 2.92. The number of halogens is 2. The second-order valence-corrected chi connectivity index (χ2v) is 7.78. The lowest BCUT2D eigenvalue weighted by molar-refractivity contribution is -0.136. The lowest BCUT2D eigenvalue weighted by atomic mass is 9.98. The largest absolute Gasteiger partial charge is 0.462 e. The summed E-state index contributed by atoms with van der Waals surface area (Å²) in [5, 5.41) is 0.720. The quantitative estimate of drug-likeness (QED) is 0.534. The van der Waals surface area contributed by atoms with Crippen molar-refractivity contribution in [2.45, 2.75) is 55.1 Å². The van der Waals surface area contributed by atoms with E-state index in [9.17, 15) is 13.6 Å². The van der Waals surface area contributed by atoms with Crippen LogP contribution in [0.4, 0.5) is 8.78 Å². The van der Waals surface area contributed by atoms with Gasteiger partial charge >= 0.3 is 5.97 Å². The molecule has 2 saturated carbocycles. The predicted octanol–water partition coefficient (Wildman–Crippen LogP) is 4.97. The van der Waals surface area contributed by atoms with E-state index in [1.54, 1.807) is 13.0 Å². The summed E-state index contributed by atoms with van der Waals surface area (Å²) in [6.07, 6.45) is 1.58. The van der Waals surface area contributed by atoms with Gasteiger partial charge in [-0.25, -0.2) is 13.6 Å². The molecule has 2 fully saturated rings. The van der Waals surface area contributed by atoms with Crippen molar-refractivity contribution in [1.29, 1.82) is 0 Å². The van der Waals surface area contributed by atoms with Crippen molar-refractivity contribution in [1.82, 2.24) is 0 Å². The maximum absolute atomic E-state index is 13.4. The third-order valence-electron chi connectivity index (χ3n) is 4.34. The van der Waals surface area contributed by atoms with Crippen LogP contribution in [-0.4, -0.2) is 30.2 Å². The van der Waals surface area contributed by atoms with E-state index in [0.717, 1.165) is 10.8 Å². The Morgan fingerprint density at radius 1 is 1.21 bits per heavy atom. The van der Waals surface area contributed by atoms with Crippen molar-refractivity contribution in [3.8, 4) is 0 Å². The normalized spacial score (nSPS) is 27.3. The topological polar surface area (TPSA) is 26.3 Å². The van der Waals surface area contributed by atoms with Crippen LogP contribution < -0.4 is 0 Å². The molecule has 0 amide bonds. The molecule has 0 radical (unpaired) electrons. The van der Waals surface area contributed by atoms with E-state index in [1.807, 2.05) is 36.0 Å². The molecule has 2 nitrogen and oxygen atoms in total. The number of hydrogen-bond acceptors (Lipinski definition) is 3. The molecule has 0 saturated heterocycles. The Balaban J connectivity index is 1.79. The highest BCUT2D eigenvalue weighted by Gasteiger charge is 2.34. The third kappa shape index (κ3) is 4.38. The van der Waals surface area contributed by atoms with Gasteiger partial charge in [-0.15, -0.1) is 11.8 Å². The molecule has 2 aliphatic rings. The molecule has 0 aromatic heterocycles.